The predicted molar refractivity (Wildman–Crippen MR) is 87.3 cm³/mol. The fourth-order valence-corrected chi connectivity index (χ4v) is 1.96. The van der Waals surface area contributed by atoms with Crippen LogP contribution in [0, 0.1) is 5.41 Å². The fourth-order valence-electron chi connectivity index (χ4n) is 1.83. The number of carboxylic acid groups (broad SMARTS) is 1. The van der Waals surface area contributed by atoms with E-state index >= 15 is 0 Å². The van der Waals surface area contributed by atoms with Gasteiger partial charge in [0.05, 0.1) is 5.41 Å². The highest BCUT2D eigenvalue weighted by molar-refractivity contribution is 6.30. The zero-order valence-corrected chi connectivity index (χ0v) is 14.1. The molecule has 2 rings (SSSR count). The number of benzene rings is 1. The molecule has 8 nitrogen and oxygen atoms in total. The molecular formula is C15H18ClN5O3. The van der Waals surface area contributed by atoms with Crippen LogP contribution in [-0.2, 0) is 16.1 Å². The Labute approximate surface area is 143 Å². The average Bonchev–Trinajstić information content (AvgIpc) is 2.96. The number of aromatic nitrogens is 4. The van der Waals surface area contributed by atoms with Crippen molar-refractivity contribution in [3.63, 3.8) is 0 Å². The maximum absolute atomic E-state index is 11.9. The summed E-state index contributed by atoms with van der Waals surface area (Å²) in [6.45, 7) is 3.39. The monoisotopic (exact) mass is 351 g/mol. The molecule has 1 heterocycles. The molecule has 0 atom stereocenters. The van der Waals surface area contributed by atoms with Gasteiger partial charge in [-0.3, -0.25) is 9.59 Å². The van der Waals surface area contributed by atoms with Gasteiger partial charge in [0.15, 0.2) is 0 Å². The SMILES string of the molecule is CC(C)(CCNC(=O)Cn1nnc(-c2ccc(Cl)cc2)n1)C(=O)O. The van der Waals surface area contributed by atoms with E-state index in [-0.39, 0.29) is 19.0 Å². The largest absolute Gasteiger partial charge is 0.481 e. The summed E-state index contributed by atoms with van der Waals surface area (Å²) in [5, 5.41) is 24.1. The first kappa shape index (κ1) is 17.9. The van der Waals surface area contributed by atoms with Crippen LogP contribution in [0.5, 0.6) is 0 Å². The number of nitrogens with one attached hydrogen (secondary N) is 1. The molecule has 0 aliphatic carbocycles. The highest BCUT2D eigenvalue weighted by Gasteiger charge is 2.26. The second-order valence-electron chi connectivity index (χ2n) is 5.94. The molecule has 0 aliphatic rings. The first-order valence-electron chi connectivity index (χ1n) is 7.32. The van der Waals surface area contributed by atoms with Gasteiger partial charge in [-0.05, 0) is 49.7 Å². The second kappa shape index (κ2) is 7.39. The Morgan fingerprint density at radius 3 is 2.58 bits per heavy atom. The third-order valence-electron chi connectivity index (χ3n) is 3.49. The molecule has 2 N–H and O–H groups in total. The molecule has 9 heteroatoms. The Morgan fingerprint density at radius 1 is 1.29 bits per heavy atom. The van der Waals surface area contributed by atoms with Crippen LogP contribution in [0.25, 0.3) is 11.4 Å². The van der Waals surface area contributed by atoms with Crippen LogP contribution in [-0.4, -0.2) is 43.7 Å². The molecule has 0 saturated heterocycles. The summed E-state index contributed by atoms with van der Waals surface area (Å²) < 4.78 is 0. The molecule has 0 bridgehead atoms. The van der Waals surface area contributed by atoms with Crippen LogP contribution in [0.4, 0.5) is 0 Å². The average molecular weight is 352 g/mol. The van der Waals surface area contributed by atoms with E-state index in [1.165, 1.54) is 4.80 Å². The van der Waals surface area contributed by atoms with Crippen LogP contribution in [0.1, 0.15) is 20.3 Å². The van der Waals surface area contributed by atoms with Crippen molar-refractivity contribution >= 4 is 23.5 Å². The number of tetrazole rings is 1. The van der Waals surface area contributed by atoms with Crippen molar-refractivity contribution in [3.05, 3.63) is 29.3 Å². The molecule has 0 fully saturated rings. The van der Waals surface area contributed by atoms with Crippen LogP contribution >= 0.6 is 11.6 Å². The number of carbonyl (C=O) groups excluding carboxylic acids is 1. The van der Waals surface area contributed by atoms with Crippen LogP contribution < -0.4 is 5.32 Å². The lowest BCUT2D eigenvalue weighted by Gasteiger charge is -2.18. The van der Waals surface area contributed by atoms with Gasteiger partial charge in [-0.25, -0.2) is 0 Å². The van der Waals surface area contributed by atoms with E-state index < -0.39 is 11.4 Å². The lowest BCUT2D eigenvalue weighted by molar-refractivity contribution is -0.147. The molecule has 128 valence electrons. The van der Waals surface area contributed by atoms with Gasteiger partial charge >= 0.3 is 5.97 Å². The van der Waals surface area contributed by atoms with Crippen LogP contribution in [0.15, 0.2) is 24.3 Å². The summed E-state index contributed by atoms with van der Waals surface area (Å²) in [4.78, 5) is 24.0. The molecule has 0 saturated carbocycles. The quantitative estimate of drug-likeness (QED) is 0.784. The maximum atomic E-state index is 11.9. The molecule has 0 spiro atoms. The van der Waals surface area contributed by atoms with E-state index in [1.807, 2.05) is 0 Å². The molecule has 0 aliphatic heterocycles. The third kappa shape index (κ3) is 4.76. The lowest BCUT2D eigenvalue weighted by atomic mass is 9.90. The molecule has 2 aromatic rings. The lowest BCUT2D eigenvalue weighted by Crippen LogP contribution is -2.34. The molecule has 1 amide bonds. The summed E-state index contributed by atoms with van der Waals surface area (Å²) in [5.41, 5.74) is -0.144. The van der Waals surface area contributed by atoms with Crippen molar-refractivity contribution in [1.82, 2.24) is 25.5 Å². The highest BCUT2D eigenvalue weighted by Crippen LogP contribution is 2.19. The van der Waals surface area contributed by atoms with Gasteiger partial charge in [0, 0.05) is 17.1 Å². The number of hydrogen-bond acceptors (Lipinski definition) is 5. The Hall–Kier alpha value is -2.48. The summed E-state index contributed by atoms with van der Waals surface area (Å²) in [6.07, 6.45) is 0.328. The minimum absolute atomic E-state index is 0.0892. The molecule has 24 heavy (non-hydrogen) atoms. The summed E-state index contributed by atoms with van der Waals surface area (Å²) in [6, 6.07) is 6.96. The topological polar surface area (TPSA) is 110 Å². The predicted octanol–water partition coefficient (Wildman–Crippen LogP) is 1.61. The van der Waals surface area contributed by atoms with Crippen molar-refractivity contribution in [3.8, 4) is 11.4 Å². The maximum Gasteiger partial charge on any atom is 0.309 e. The smallest absolute Gasteiger partial charge is 0.309 e. The van der Waals surface area contributed by atoms with Crippen LogP contribution in [0.2, 0.25) is 5.02 Å². The minimum atomic E-state index is -0.901. The second-order valence-corrected chi connectivity index (χ2v) is 6.38. The van der Waals surface area contributed by atoms with E-state index in [4.69, 9.17) is 16.7 Å². The number of amides is 1. The Kier molecular flexibility index (Phi) is 5.50. The zero-order chi connectivity index (χ0) is 17.7. The fraction of sp³-hybridized carbons (Fsp3) is 0.400. The minimum Gasteiger partial charge on any atom is -0.481 e. The van der Waals surface area contributed by atoms with Crippen molar-refractivity contribution < 1.29 is 14.7 Å². The number of hydrogen-bond donors (Lipinski definition) is 2. The van der Waals surface area contributed by atoms with E-state index in [0.29, 0.717) is 17.3 Å². The van der Waals surface area contributed by atoms with Gasteiger partial charge in [-0.1, -0.05) is 11.6 Å². The molecular weight excluding hydrogens is 334 g/mol. The Morgan fingerprint density at radius 2 is 1.96 bits per heavy atom. The van der Waals surface area contributed by atoms with Crippen molar-refractivity contribution in [2.45, 2.75) is 26.8 Å². The van der Waals surface area contributed by atoms with Crippen LogP contribution in [0.3, 0.4) is 0 Å². The summed E-state index contributed by atoms with van der Waals surface area (Å²) >= 11 is 5.82. The van der Waals surface area contributed by atoms with E-state index in [2.05, 4.69) is 20.7 Å². The Balaban J connectivity index is 1.87. The normalized spacial score (nSPS) is 11.3. The third-order valence-corrected chi connectivity index (χ3v) is 3.74. The number of halogens is 1. The number of rotatable bonds is 7. The first-order valence-corrected chi connectivity index (χ1v) is 7.69. The number of nitrogens with zero attached hydrogens (tertiary/aromatic N) is 4. The number of carbonyl (C=O) groups is 2. The van der Waals surface area contributed by atoms with Gasteiger partial charge in [0.1, 0.15) is 6.54 Å². The summed E-state index contributed by atoms with van der Waals surface area (Å²) in [7, 11) is 0. The molecule has 0 unspecified atom stereocenters. The summed E-state index contributed by atoms with van der Waals surface area (Å²) in [5.74, 6) is -0.815. The Bertz CT molecular complexity index is 727. The van der Waals surface area contributed by atoms with Gasteiger partial charge in [0.2, 0.25) is 11.7 Å². The number of carboxylic acids is 1. The van der Waals surface area contributed by atoms with Crippen molar-refractivity contribution in [2.24, 2.45) is 5.41 Å². The van der Waals surface area contributed by atoms with Gasteiger partial charge in [-0.15, -0.1) is 10.2 Å². The highest BCUT2D eigenvalue weighted by atomic mass is 35.5. The van der Waals surface area contributed by atoms with Gasteiger partial charge in [-0.2, -0.15) is 4.80 Å². The van der Waals surface area contributed by atoms with Crippen molar-refractivity contribution in [1.29, 1.82) is 0 Å². The molecule has 1 aromatic carbocycles. The van der Waals surface area contributed by atoms with E-state index in [0.717, 1.165) is 5.56 Å². The van der Waals surface area contributed by atoms with Gasteiger partial charge < -0.3 is 10.4 Å². The standard InChI is InChI=1S/C15H18ClN5O3/c1-15(2,14(23)24)7-8-17-12(22)9-21-19-13(18-20-21)10-3-5-11(16)6-4-10/h3-6H,7-9H2,1-2H3,(H,17,22)(H,23,24). The van der Waals surface area contributed by atoms with E-state index in [9.17, 15) is 9.59 Å². The molecule has 0 radical (unpaired) electrons. The van der Waals surface area contributed by atoms with Gasteiger partial charge in [0.25, 0.3) is 0 Å². The molecule has 1 aromatic heterocycles. The van der Waals surface area contributed by atoms with E-state index in [1.54, 1.807) is 38.1 Å². The van der Waals surface area contributed by atoms with Crippen molar-refractivity contribution in [2.75, 3.05) is 6.54 Å². The zero-order valence-electron chi connectivity index (χ0n) is 13.4. The first-order chi connectivity index (χ1) is 11.3. The number of aliphatic carboxylic acids is 1.